The summed E-state index contributed by atoms with van der Waals surface area (Å²) in [6.45, 7) is -0.115. The molecule has 0 unspecified atom stereocenters. The van der Waals surface area contributed by atoms with Gasteiger partial charge in [-0.2, -0.15) is 0 Å². The van der Waals surface area contributed by atoms with Crippen molar-refractivity contribution < 1.29 is 4.79 Å². The Hall–Kier alpha value is -3.70. The number of rotatable bonds is 4. The highest BCUT2D eigenvalue weighted by Gasteiger charge is 2.20. The molecule has 2 heterocycles. The first-order valence-corrected chi connectivity index (χ1v) is 9.83. The van der Waals surface area contributed by atoms with Crippen LogP contribution in [-0.2, 0) is 6.54 Å². The molecule has 0 fully saturated rings. The average Bonchev–Trinajstić information content (AvgIpc) is 3.16. The Morgan fingerprint density at radius 2 is 1.73 bits per heavy atom. The number of carbonyl (C=O) groups excluding carboxylic acids is 1. The molecule has 0 aliphatic carbocycles. The lowest BCUT2D eigenvalue weighted by molar-refractivity contribution is 0.0973. The first kappa shape index (κ1) is 18.3. The Morgan fingerprint density at radius 1 is 0.967 bits per heavy atom. The van der Waals surface area contributed by atoms with E-state index in [-0.39, 0.29) is 17.9 Å². The Kier molecular flexibility index (Phi) is 4.45. The summed E-state index contributed by atoms with van der Waals surface area (Å²) in [4.78, 5) is 34.0. The lowest BCUT2D eigenvalue weighted by Crippen LogP contribution is -2.24. The van der Waals surface area contributed by atoms with E-state index in [0.717, 1.165) is 22.2 Å². The minimum Gasteiger partial charge on any atom is -0.354 e. The number of nitrogens with one attached hydrogen (secondary N) is 1. The van der Waals surface area contributed by atoms with E-state index < -0.39 is 0 Å². The number of hydrogen-bond donors (Lipinski definition) is 1. The molecule has 0 atom stereocenters. The average molecular weight is 414 g/mol. The molecular weight excluding hydrogens is 398 g/mol. The largest absolute Gasteiger partial charge is 0.354 e. The fourth-order valence-electron chi connectivity index (χ4n) is 3.73. The van der Waals surface area contributed by atoms with Crippen molar-refractivity contribution in [1.29, 1.82) is 0 Å². The number of aromatic nitrogens is 3. The van der Waals surface area contributed by atoms with Gasteiger partial charge in [0.1, 0.15) is 0 Å². The summed E-state index contributed by atoms with van der Waals surface area (Å²) in [6, 6.07) is 22.3. The summed E-state index contributed by atoms with van der Waals surface area (Å²) in [5.41, 5.74) is 3.34. The van der Waals surface area contributed by atoms with Gasteiger partial charge in [0.25, 0.3) is 5.56 Å². The first-order valence-electron chi connectivity index (χ1n) is 9.46. The van der Waals surface area contributed by atoms with E-state index in [4.69, 9.17) is 11.6 Å². The number of carbonyl (C=O) groups is 1. The number of benzene rings is 3. The van der Waals surface area contributed by atoms with Crippen LogP contribution in [0.4, 0.5) is 0 Å². The summed E-state index contributed by atoms with van der Waals surface area (Å²) in [7, 11) is 0. The Balaban J connectivity index is 1.63. The number of aromatic amines is 1. The van der Waals surface area contributed by atoms with E-state index >= 15 is 0 Å². The van der Waals surface area contributed by atoms with Gasteiger partial charge in [-0.1, -0.05) is 60.1 Å². The predicted octanol–water partition coefficient (Wildman–Crippen LogP) is 5.08. The third kappa shape index (κ3) is 3.09. The molecule has 2 aromatic heterocycles. The zero-order valence-electron chi connectivity index (χ0n) is 15.8. The van der Waals surface area contributed by atoms with Crippen molar-refractivity contribution in [3.05, 3.63) is 100 Å². The number of hydrogen-bond acceptors (Lipinski definition) is 3. The first-order chi connectivity index (χ1) is 14.6. The zero-order chi connectivity index (χ0) is 20.7. The summed E-state index contributed by atoms with van der Waals surface area (Å²) < 4.78 is 1.33. The Labute approximate surface area is 176 Å². The highest BCUT2D eigenvalue weighted by molar-refractivity contribution is 6.31. The minimum absolute atomic E-state index is 0.115. The van der Waals surface area contributed by atoms with Gasteiger partial charge >= 0.3 is 0 Å². The van der Waals surface area contributed by atoms with Gasteiger partial charge < -0.3 is 4.98 Å². The molecule has 5 aromatic rings. The van der Waals surface area contributed by atoms with Gasteiger partial charge in [0.05, 0.1) is 35.0 Å². The molecule has 6 heteroatoms. The van der Waals surface area contributed by atoms with Gasteiger partial charge in [-0.25, -0.2) is 4.98 Å². The SMILES string of the molecule is O=C(Cn1cnc2ccc(Cl)cc2c1=O)c1c(-c2ccccc2)[nH]c2ccccc12. The van der Waals surface area contributed by atoms with Crippen LogP contribution in [0, 0.1) is 0 Å². The molecule has 3 aromatic carbocycles. The Bertz CT molecular complexity index is 1470. The molecule has 0 aliphatic heterocycles. The number of H-pyrrole nitrogens is 1. The molecule has 0 spiro atoms. The second-order valence-corrected chi connectivity index (χ2v) is 7.49. The third-order valence-corrected chi connectivity index (χ3v) is 5.38. The number of Topliss-reactive ketones (excluding diaryl/α,β-unsaturated/α-hetero) is 1. The van der Waals surface area contributed by atoms with E-state index in [9.17, 15) is 9.59 Å². The number of fused-ring (bicyclic) bond motifs is 2. The molecule has 0 radical (unpaired) electrons. The fraction of sp³-hybridized carbons (Fsp3) is 0.0417. The van der Waals surface area contributed by atoms with Gasteiger partial charge in [0.15, 0.2) is 5.78 Å². The molecule has 5 nitrogen and oxygen atoms in total. The van der Waals surface area contributed by atoms with Crippen LogP contribution in [0.2, 0.25) is 5.02 Å². The van der Waals surface area contributed by atoms with Crippen LogP contribution in [0.5, 0.6) is 0 Å². The maximum absolute atomic E-state index is 13.4. The maximum Gasteiger partial charge on any atom is 0.261 e. The second kappa shape index (κ2) is 7.28. The number of halogens is 1. The maximum atomic E-state index is 13.4. The predicted molar refractivity (Wildman–Crippen MR) is 119 cm³/mol. The van der Waals surface area contributed by atoms with Crippen molar-refractivity contribution >= 4 is 39.2 Å². The van der Waals surface area contributed by atoms with E-state index in [2.05, 4.69) is 9.97 Å². The van der Waals surface area contributed by atoms with Crippen molar-refractivity contribution in [3.8, 4) is 11.3 Å². The monoisotopic (exact) mass is 413 g/mol. The van der Waals surface area contributed by atoms with E-state index in [1.165, 1.54) is 10.9 Å². The molecule has 1 N–H and O–H groups in total. The van der Waals surface area contributed by atoms with Crippen molar-refractivity contribution in [1.82, 2.24) is 14.5 Å². The van der Waals surface area contributed by atoms with Gasteiger partial charge in [-0.05, 0) is 29.8 Å². The lowest BCUT2D eigenvalue weighted by Gasteiger charge is -2.08. The Morgan fingerprint density at radius 3 is 2.57 bits per heavy atom. The molecule has 0 saturated carbocycles. The highest BCUT2D eigenvalue weighted by Crippen LogP contribution is 2.31. The molecule has 0 amide bonds. The van der Waals surface area contributed by atoms with Gasteiger partial charge in [0.2, 0.25) is 0 Å². The summed E-state index contributed by atoms with van der Waals surface area (Å²) >= 11 is 6.04. The molecule has 30 heavy (non-hydrogen) atoms. The molecule has 0 aliphatic rings. The lowest BCUT2D eigenvalue weighted by atomic mass is 10.0. The molecule has 0 bridgehead atoms. The van der Waals surface area contributed by atoms with Crippen LogP contribution in [0.15, 0.2) is 83.9 Å². The van der Waals surface area contributed by atoms with E-state index in [0.29, 0.717) is 21.5 Å². The fourth-order valence-corrected chi connectivity index (χ4v) is 3.90. The van der Waals surface area contributed by atoms with Crippen LogP contribution in [0.25, 0.3) is 33.1 Å². The summed E-state index contributed by atoms with van der Waals surface area (Å²) in [5, 5.41) is 1.67. The number of para-hydroxylation sites is 1. The normalized spacial score (nSPS) is 11.2. The van der Waals surface area contributed by atoms with Crippen molar-refractivity contribution in [2.75, 3.05) is 0 Å². The second-order valence-electron chi connectivity index (χ2n) is 7.05. The quantitative estimate of drug-likeness (QED) is 0.418. The standard InChI is InChI=1S/C24H16ClN3O2/c25-16-10-11-19-18(12-16)24(30)28(14-26-19)13-21(29)22-17-8-4-5-9-20(17)27-23(22)15-6-2-1-3-7-15/h1-12,14,27H,13H2. The topological polar surface area (TPSA) is 67.8 Å². The molecule has 0 saturated heterocycles. The van der Waals surface area contributed by atoms with Crippen LogP contribution in [0.3, 0.4) is 0 Å². The molecule has 5 rings (SSSR count). The number of ketones is 1. The molecule has 146 valence electrons. The minimum atomic E-state index is -0.294. The van der Waals surface area contributed by atoms with Crippen molar-refractivity contribution in [2.24, 2.45) is 0 Å². The van der Waals surface area contributed by atoms with Crippen LogP contribution in [-0.4, -0.2) is 20.3 Å². The smallest absolute Gasteiger partial charge is 0.261 e. The third-order valence-electron chi connectivity index (χ3n) is 5.15. The van der Waals surface area contributed by atoms with Crippen LogP contribution >= 0.6 is 11.6 Å². The zero-order valence-corrected chi connectivity index (χ0v) is 16.6. The highest BCUT2D eigenvalue weighted by atomic mass is 35.5. The van der Waals surface area contributed by atoms with Crippen molar-refractivity contribution in [2.45, 2.75) is 6.54 Å². The van der Waals surface area contributed by atoms with Gasteiger partial charge in [0, 0.05) is 15.9 Å². The van der Waals surface area contributed by atoms with Crippen LogP contribution < -0.4 is 5.56 Å². The molecular formula is C24H16ClN3O2. The van der Waals surface area contributed by atoms with Crippen molar-refractivity contribution in [3.63, 3.8) is 0 Å². The van der Waals surface area contributed by atoms with Gasteiger partial charge in [-0.15, -0.1) is 0 Å². The van der Waals surface area contributed by atoms with Gasteiger partial charge in [-0.3, -0.25) is 14.2 Å². The van der Waals surface area contributed by atoms with E-state index in [1.54, 1.807) is 18.2 Å². The van der Waals surface area contributed by atoms with E-state index in [1.807, 2.05) is 54.6 Å². The summed E-state index contributed by atoms with van der Waals surface area (Å²) in [5.74, 6) is -0.170. The summed E-state index contributed by atoms with van der Waals surface area (Å²) in [6.07, 6.45) is 1.41. The van der Waals surface area contributed by atoms with Crippen LogP contribution in [0.1, 0.15) is 10.4 Å². The number of nitrogens with zero attached hydrogens (tertiary/aromatic N) is 2.